The zero-order chi connectivity index (χ0) is 19.0. The fraction of sp³-hybridized carbons (Fsp3) is 0.400. The van der Waals surface area contributed by atoms with Gasteiger partial charge < -0.3 is 19.5 Å². The summed E-state index contributed by atoms with van der Waals surface area (Å²) in [7, 11) is 1.37. The minimum absolute atomic E-state index is 0.288. The highest BCUT2D eigenvalue weighted by Crippen LogP contribution is 2.40. The quantitative estimate of drug-likeness (QED) is 0.813. The lowest BCUT2D eigenvalue weighted by Gasteiger charge is -2.18. The molecule has 2 aromatic rings. The van der Waals surface area contributed by atoms with Gasteiger partial charge in [-0.2, -0.15) is 0 Å². The summed E-state index contributed by atoms with van der Waals surface area (Å²) in [6, 6.07) is 5.08. The number of methoxy groups -OCH3 is 1. The first-order valence-electron chi connectivity index (χ1n) is 9.00. The van der Waals surface area contributed by atoms with Gasteiger partial charge in [0.2, 0.25) is 0 Å². The number of ether oxygens (including phenoxy) is 3. The summed E-state index contributed by atoms with van der Waals surface area (Å²) in [5, 5.41) is 3.46. The van der Waals surface area contributed by atoms with E-state index in [0.29, 0.717) is 46.8 Å². The molecule has 1 aliphatic carbocycles. The number of esters is 1. The average molecular weight is 387 g/mol. The van der Waals surface area contributed by atoms with E-state index in [-0.39, 0.29) is 5.91 Å². The number of hydrogen-bond acceptors (Lipinski definition) is 6. The van der Waals surface area contributed by atoms with Gasteiger partial charge >= 0.3 is 5.97 Å². The van der Waals surface area contributed by atoms with Gasteiger partial charge in [-0.05, 0) is 48.9 Å². The Bertz CT molecular complexity index is 904. The molecular formula is C20H21NO5S. The molecule has 2 heterocycles. The predicted octanol–water partition coefficient (Wildman–Crippen LogP) is 3.68. The molecule has 0 bridgehead atoms. The molecule has 1 aromatic carbocycles. The van der Waals surface area contributed by atoms with Gasteiger partial charge in [-0.1, -0.05) is 6.92 Å². The number of rotatable bonds is 3. The largest absolute Gasteiger partial charge is 0.486 e. The van der Waals surface area contributed by atoms with Crippen molar-refractivity contribution in [2.75, 3.05) is 25.6 Å². The second kappa shape index (κ2) is 7.23. The van der Waals surface area contributed by atoms with Crippen LogP contribution in [0.3, 0.4) is 0 Å². The number of amides is 1. The molecule has 1 atom stereocenters. The summed E-state index contributed by atoms with van der Waals surface area (Å²) in [6.45, 7) is 3.16. The van der Waals surface area contributed by atoms with E-state index in [0.717, 1.165) is 29.7 Å². The van der Waals surface area contributed by atoms with Gasteiger partial charge in [-0.15, -0.1) is 11.3 Å². The lowest BCUT2D eigenvalue weighted by atomic mass is 9.88. The Morgan fingerprint density at radius 3 is 2.78 bits per heavy atom. The highest BCUT2D eigenvalue weighted by Gasteiger charge is 2.29. The molecular weight excluding hydrogens is 366 g/mol. The molecule has 1 amide bonds. The molecule has 6 nitrogen and oxygen atoms in total. The van der Waals surface area contributed by atoms with Crippen LogP contribution in [-0.4, -0.2) is 32.2 Å². The van der Waals surface area contributed by atoms with Crippen LogP contribution in [-0.2, 0) is 17.6 Å². The number of hydrogen-bond donors (Lipinski definition) is 1. The van der Waals surface area contributed by atoms with Crippen LogP contribution in [0.4, 0.5) is 5.00 Å². The van der Waals surface area contributed by atoms with Crippen LogP contribution in [0.15, 0.2) is 18.2 Å². The fourth-order valence-electron chi connectivity index (χ4n) is 3.52. The Kier molecular flexibility index (Phi) is 4.78. The molecule has 0 saturated carbocycles. The lowest BCUT2D eigenvalue weighted by Crippen LogP contribution is -2.18. The molecule has 1 N–H and O–H groups in total. The van der Waals surface area contributed by atoms with E-state index in [9.17, 15) is 9.59 Å². The second-order valence-corrected chi connectivity index (χ2v) is 7.97. The lowest BCUT2D eigenvalue weighted by molar-refractivity contribution is 0.0601. The molecule has 0 spiro atoms. The van der Waals surface area contributed by atoms with E-state index < -0.39 is 5.97 Å². The van der Waals surface area contributed by atoms with E-state index >= 15 is 0 Å². The number of fused-ring (bicyclic) bond motifs is 2. The number of anilines is 1. The number of carbonyl (C=O) groups is 2. The maximum atomic E-state index is 12.8. The standard InChI is InChI=1S/C20H21NO5S/c1-11-3-5-13-16(9-11)27-19(17(13)20(23)24-2)21-18(22)12-4-6-14-15(10-12)26-8-7-25-14/h4,6,10-11H,3,5,7-9H2,1-2H3,(H,21,22). The van der Waals surface area contributed by atoms with E-state index in [1.807, 2.05) is 0 Å². The smallest absolute Gasteiger partial charge is 0.341 e. The van der Waals surface area contributed by atoms with Crippen LogP contribution in [0.1, 0.15) is 44.5 Å². The topological polar surface area (TPSA) is 73.9 Å². The van der Waals surface area contributed by atoms with Crippen molar-refractivity contribution in [3.63, 3.8) is 0 Å². The summed E-state index contributed by atoms with van der Waals surface area (Å²) < 4.78 is 16.0. The number of nitrogens with one attached hydrogen (secondary N) is 1. The van der Waals surface area contributed by atoms with Gasteiger partial charge in [0.1, 0.15) is 18.2 Å². The number of benzene rings is 1. The van der Waals surface area contributed by atoms with Gasteiger partial charge in [0.15, 0.2) is 11.5 Å². The average Bonchev–Trinajstić information content (AvgIpc) is 3.03. The zero-order valence-electron chi connectivity index (χ0n) is 15.3. The highest BCUT2D eigenvalue weighted by atomic mass is 32.1. The van der Waals surface area contributed by atoms with Gasteiger partial charge in [0, 0.05) is 10.4 Å². The van der Waals surface area contributed by atoms with Crippen LogP contribution in [0.5, 0.6) is 11.5 Å². The van der Waals surface area contributed by atoms with Crippen LogP contribution in [0.25, 0.3) is 0 Å². The van der Waals surface area contributed by atoms with Crippen molar-refractivity contribution in [2.45, 2.75) is 26.2 Å². The third-order valence-electron chi connectivity index (χ3n) is 4.93. The monoisotopic (exact) mass is 387 g/mol. The summed E-state index contributed by atoms with van der Waals surface area (Å²) >= 11 is 1.47. The minimum atomic E-state index is -0.403. The summed E-state index contributed by atoms with van der Waals surface area (Å²) in [4.78, 5) is 26.3. The van der Waals surface area contributed by atoms with Crippen molar-refractivity contribution in [3.05, 3.63) is 39.8 Å². The maximum Gasteiger partial charge on any atom is 0.341 e. The molecule has 7 heteroatoms. The molecule has 2 aliphatic rings. The van der Waals surface area contributed by atoms with E-state index in [1.165, 1.54) is 18.4 Å². The molecule has 0 radical (unpaired) electrons. The van der Waals surface area contributed by atoms with E-state index in [1.54, 1.807) is 18.2 Å². The van der Waals surface area contributed by atoms with Crippen molar-refractivity contribution in [1.29, 1.82) is 0 Å². The third kappa shape index (κ3) is 3.39. The van der Waals surface area contributed by atoms with Crippen molar-refractivity contribution in [2.24, 2.45) is 5.92 Å². The summed E-state index contributed by atoms with van der Waals surface area (Å²) in [5.41, 5.74) is 1.97. The first-order valence-corrected chi connectivity index (χ1v) is 9.82. The van der Waals surface area contributed by atoms with Gasteiger partial charge in [0.05, 0.1) is 12.7 Å². The SMILES string of the molecule is COC(=O)c1c(NC(=O)c2ccc3c(c2)OCCO3)sc2c1CCC(C)C2. The second-order valence-electron chi connectivity index (χ2n) is 6.86. The predicted molar refractivity (Wildman–Crippen MR) is 102 cm³/mol. The molecule has 4 rings (SSSR count). The van der Waals surface area contributed by atoms with Crippen molar-refractivity contribution in [1.82, 2.24) is 0 Å². The molecule has 142 valence electrons. The Labute approximate surface area is 161 Å². The molecule has 1 unspecified atom stereocenters. The van der Waals surface area contributed by atoms with Crippen molar-refractivity contribution in [3.8, 4) is 11.5 Å². The highest BCUT2D eigenvalue weighted by molar-refractivity contribution is 7.17. The first-order chi connectivity index (χ1) is 13.1. The summed E-state index contributed by atoms with van der Waals surface area (Å²) in [6.07, 6.45) is 2.78. The van der Waals surface area contributed by atoms with Crippen LogP contribution in [0.2, 0.25) is 0 Å². The Morgan fingerprint density at radius 1 is 1.22 bits per heavy atom. The summed E-state index contributed by atoms with van der Waals surface area (Å²) in [5.74, 6) is 1.07. The normalized spacial score (nSPS) is 17.8. The van der Waals surface area contributed by atoms with Crippen molar-refractivity contribution >= 4 is 28.2 Å². The Balaban J connectivity index is 1.64. The number of thiophene rings is 1. The minimum Gasteiger partial charge on any atom is -0.486 e. The Hall–Kier alpha value is -2.54. The van der Waals surface area contributed by atoms with Gasteiger partial charge in [0.25, 0.3) is 5.91 Å². The van der Waals surface area contributed by atoms with Gasteiger partial charge in [-0.25, -0.2) is 4.79 Å². The van der Waals surface area contributed by atoms with E-state index in [4.69, 9.17) is 14.2 Å². The Morgan fingerprint density at radius 2 is 2.00 bits per heavy atom. The third-order valence-corrected chi connectivity index (χ3v) is 6.10. The van der Waals surface area contributed by atoms with Crippen molar-refractivity contribution < 1.29 is 23.8 Å². The van der Waals surface area contributed by atoms with Crippen LogP contribution in [0, 0.1) is 5.92 Å². The van der Waals surface area contributed by atoms with E-state index in [2.05, 4.69) is 12.2 Å². The first kappa shape index (κ1) is 17.9. The molecule has 27 heavy (non-hydrogen) atoms. The van der Waals surface area contributed by atoms with Crippen LogP contribution < -0.4 is 14.8 Å². The zero-order valence-corrected chi connectivity index (χ0v) is 16.1. The molecule has 1 aromatic heterocycles. The number of carbonyl (C=O) groups excluding carboxylic acids is 2. The fourth-order valence-corrected chi connectivity index (χ4v) is 4.91. The molecule has 1 aliphatic heterocycles. The van der Waals surface area contributed by atoms with Gasteiger partial charge in [-0.3, -0.25) is 4.79 Å². The molecule has 0 fully saturated rings. The maximum absolute atomic E-state index is 12.8. The van der Waals surface area contributed by atoms with Crippen LogP contribution >= 0.6 is 11.3 Å². The molecule has 0 saturated heterocycles.